The predicted molar refractivity (Wildman–Crippen MR) is 96.3 cm³/mol. The van der Waals surface area contributed by atoms with Gasteiger partial charge in [-0.3, -0.25) is 19.2 Å². The summed E-state index contributed by atoms with van der Waals surface area (Å²) in [6, 6.07) is 0. The van der Waals surface area contributed by atoms with E-state index in [1.807, 2.05) is 13.8 Å². The Morgan fingerprint density at radius 2 is 1.19 bits per heavy atom. The Kier molecular flexibility index (Phi) is 9.52. The molecule has 0 aromatic carbocycles. The van der Waals surface area contributed by atoms with E-state index in [-0.39, 0.29) is 36.3 Å². The molecule has 0 heterocycles. The summed E-state index contributed by atoms with van der Waals surface area (Å²) in [5.74, 6) is -2.29. The van der Waals surface area contributed by atoms with E-state index >= 15 is 0 Å². The first-order chi connectivity index (χ1) is 12.3. The van der Waals surface area contributed by atoms with Crippen molar-refractivity contribution in [1.29, 1.82) is 0 Å². The molecule has 0 radical (unpaired) electrons. The smallest absolute Gasteiger partial charge is 0.308 e. The minimum Gasteiger partial charge on any atom is -0.465 e. The lowest BCUT2D eigenvalue weighted by molar-refractivity contribution is -0.151. The molecule has 0 aliphatic heterocycles. The van der Waals surface area contributed by atoms with Crippen LogP contribution in [0.3, 0.4) is 0 Å². The Morgan fingerprint density at radius 3 is 1.50 bits per heavy atom. The molecule has 1 fully saturated rings. The quantitative estimate of drug-likeness (QED) is 0.551. The van der Waals surface area contributed by atoms with Gasteiger partial charge in [-0.05, 0) is 25.7 Å². The maximum Gasteiger partial charge on any atom is 0.308 e. The van der Waals surface area contributed by atoms with Crippen LogP contribution < -0.4 is 0 Å². The number of ketones is 2. The Labute approximate surface area is 156 Å². The largest absolute Gasteiger partial charge is 0.465 e. The lowest BCUT2D eigenvalue weighted by Crippen LogP contribution is -2.36. The summed E-state index contributed by atoms with van der Waals surface area (Å²) in [5.41, 5.74) is 0. The predicted octanol–water partition coefficient (Wildman–Crippen LogP) is 3.11. The second kappa shape index (κ2) is 11.1. The van der Waals surface area contributed by atoms with Crippen molar-refractivity contribution in [3.8, 4) is 0 Å². The van der Waals surface area contributed by atoms with Gasteiger partial charge in [-0.2, -0.15) is 0 Å². The van der Waals surface area contributed by atoms with Crippen LogP contribution in [0.15, 0.2) is 0 Å². The Bertz CT molecular complexity index is 466. The molecule has 1 aliphatic rings. The van der Waals surface area contributed by atoms with E-state index in [0.29, 0.717) is 26.1 Å². The number of carbonyl (C=O) groups excluding carboxylic acids is 4. The van der Waals surface area contributed by atoms with Gasteiger partial charge in [0.25, 0.3) is 0 Å². The summed E-state index contributed by atoms with van der Waals surface area (Å²) in [6.45, 7) is 8.03. The molecule has 6 heteroatoms. The zero-order chi connectivity index (χ0) is 19.7. The number of esters is 2. The lowest BCUT2D eigenvalue weighted by atomic mass is 9.74. The molecular weight excluding hydrogens is 336 g/mol. The number of carbonyl (C=O) groups is 4. The van der Waals surface area contributed by atoms with Gasteiger partial charge in [0, 0.05) is 24.7 Å². The number of rotatable bonds is 10. The van der Waals surface area contributed by atoms with Gasteiger partial charge in [-0.15, -0.1) is 0 Å². The highest BCUT2D eigenvalue weighted by Crippen LogP contribution is 2.32. The molecule has 0 N–H and O–H groups in total. The topological polar surface area (TPSA) is 86.7 Å². The second-order valence-corrected chi connectivity index (χ2v) is 7.34. The van der Waals surface area contributed by atoms with E-state index in [9.17, 15) is 19.2 Å². The molecule has 1 saturated carbocycles. The van der Waals surface area contributed by atoms with Crippen molar-refractivity contribution >= 4 is 23.5 Å². The molecule has 0 amide bonds. The van der Waals surface area contributed by atoms with Crippen molar-refractivity contribution in [3.05, 3.63) is 0 Å². The van der Waals surface area contributed by atoms with Crippen LogP contribution in [0.1, 0.15) is 66.2 Å². The first kappa shape index (κ1) is 22.3. The van der Waals surface area contributed by atoms with E-state index in [2.05, 4.69) is 0 Å². The van der Waals surface area contributed by atoms with E-state index in [0.717, 1.165) is 12.8 Å². The Hall–Kier alpha value is -1.72. The van der Waals surface area contributed by atoms with Crippen LogP contribution in [0.2, 0.25) is 0 Å². The third-order valence-corrected chi connectivity index (χ3v) is 4.78. The fraction of sp³-hybridized carbons (Fsp3) is 0.800. The van der Waals surface area contributed by atoms with Crippen LogP contribution in [0.5, 0.6) is 0 Å². The average molecular weight is 368 g/mol. The summed E-state index contributed by atoms with van der Waals surface area (Å²) in [6.07, 6.45) is 2.47. The maximum atomic E-state index is 12.4. The van der Waals surface area contributed by atoms with Gasteiger partial charge >= 0.3 is 11.9 Å². The van der Waals surface area contributed by atoms with Crippen molar-refractivity contribution in [2.75, 3.05) is 13.2 Å². The molecule has 0 aromatic heterocycles. The van der Waals surface area contributed by atoms with Crippen LogP contribution in [-0.4, -0.2) is 36.7 Å². The molecule has 1 aliphatic carbocycles. The number of hydrogen-bond donors (Lipinski definition) is 0. The summed E-state index contributed by atoms with van der Waals surface area (Å²) >= 11 is 0. The molecule has 0 aromatic rings. The van der Waals surface area contributed by atoms with Gasteiger partial charge in [0.2, 0.25) is 0 Å². The SMILES string of the molecule is CCCOC(=O)C(C)CC1CC(=O)C(CC(C)C(=O)OCCC)CC1=O. The molecule has 26 heavy (non-hydrogen) atoms. The standard InChI is InChI=1S/C20H32O6/c1-5-7-25-19(23)13(3)9-15-11-18(22)16(12-17(15)21)10-14(4)20(24)26-8-6-2/h13-16H,5-12H2,1-4H3. The molecular formula is C20H32O6. The molecule has 0 bridgehead atoms. The Balaban J connectivity index is 2.53. The third kappa shape index (κ3) is 6.89. The molecule has 0 spiro atoms. The summed E-state index contributed by atoms with van der Waals surface area (Å²) in [7, 11) is 0. The van der Waals surface area contributed by atoms with Gasteiger partial charge in [0.05, 0.1) is 25.0 Å². The van der Waals surface area contributed by atoms with Gasteiger partial charge in [-0.1, -0.05) is 27.7 Å². The lowest BCUT2D eigenvalue weighted by Gasteiger charge is -2.28. The zero-order valence-corrected chi connectivity index (χ0v) is 16.4. The maximum absolute atomic E-state index is 12.4. The van der Waals surface area contributed by atoms with Gasteiger partial charge < -0.3 is 9.47 Å². The van der Waals surface area contributed by atoms with Gasteiger partial charge in [-0.25, -0.2) is 0 Å². The molecule has 6 nitrogen and oxygen atoms in total. The van der Waals surface area contributed by atoms with Crippen LogP contribution in [-0.2, 0) is 28.7 Å². The average Bonchev–Trinajstić information content (AvgIpc) is 2.61. The van der Waals surface area contributed by atoms with E-state index < -0.39 is 23.7 Å². The highest BCUT2D eigenvalue weighted by Gasteiger charge is 2.37. The first-order valence-corrected chi connectivity index (χ1v) is 9.68. The fourth-order valence-corrected chi connectivity index (χ4v) is 3.21. The minimum atomic E-state index is -0.426. The molecule has 4 atom stereocenters. The highest BCUT2D eigenvalue weighted by molar-refractivity contribution is 5.96. The van der Waals surface area contributed by atoms with E-state index in [4.69, 9.17) is 9.47 Å². The van der Waals surface area contributed by atoms with E-state index in [1.54, 1.807) is 13.8 Å². The summed E-state index contributed by atoms with van der Waals surface area (Å²) < 4.78 is 10.2. The summed E-state index contributed by atoms with van der Waals surface area (Å²) in [4.78, 5) is 48.6. The molecule has 1 rings (SSSR count). The first-order valence-electron chi connectivity index (χ1n) is 9.68. The number of hydrogen-bond acceptors (Lipinski definition) is 6. The molecule has 0 saturated heterocycles. The van der Waals surface area contributed by atoms with Crippen molar-refractivity contribution in [2.45, 2.75) is 66.2 Å². The van der Waals surface area contributed by atoms with Crippen molar-refractivity contribution < 1.29 is 28.7 Å². The van der Waals surface area contributed by atoms with Crippen LogP contribution >= 0.6 is 0 Å². The Morgan fingerprint density at radius 1 is 0.846 bits per heavy atom. The van der Waals surface area contributed by atoms with Crippen molar-refractivity contribution in [2.24, 2.45) is 23.7 Å². The van der Waals surface area contributed by atoms with Gasteiger partial charge in [0.1, 0.15) is 11.6 Å². The fourth-order valence-electron chi connectivity index (χ4n) is 3.21. The van der Waals surface area contributed by atoms with Crippen molar-refractivity contribution in [3.63, 3.8) is 0 Å². The second-order valence-electron chi connectivity index (χ2n) is 7.34. The number of Topliss-reactive ketones (excluding diaryl/α,β-unsaturated/α-hetero) is 2. The van der Waals surface area contributed by atoms with Gasteiger partial charge in [0.15, 0.2) is 0 Å². The monoisotopic (exact) mass is 368 g/mol. The molecule has 148 valence electrons. The van der Waals surface area contributed by atoms with Crippen molar-refractivity contribution in [1.82, 2.24) is 0 Å². The normalized spacial score (nSPS) is 22.6. The zero-order valence-electron chi connectivity index (χ0n) is 16.4. The van der Waals surface area contributed by atoms with Crippen LogP contribution in [0.25, 0.3) is 0 Å². The summed E-state index contributed by atoms with van der Waals surface area (Å²) in [5, 5.41) is 0. The van der Waals surface area contributed by atoms with Crippen LogP contribution in [0.4, 0.5) is 0 Å². The minimum absolute atomic E-state index is 0.00105. The highest BCUT2D eigenvalue weighted by atomic mass is 16.5. The molecule has 4 unspecified atom stereocenters. The number of ether oxygens (including phenoxy) is 2. The van der Waals surface area contributed by atoms with E-state index in [1.165, 1.54) is 0 Å². The van der Waals surface area contributed by atoms with Crippen LogP contribution in [0, 0.1) is 23.7 Å². The third-order valence-electron chi connectivity index (χ3n) is 4.78.